The Kier molecular flexibility index (Phi) is 9.52. The molecule has 0 aliphatic carbocycles. The van der Waals surface area contributed by atoms with E-state index in [0.717, 1.165) is 5.69 Å². The van der Waals surface area contributed by atoms with E-state index < -0.39 is 0 Å². The zero-order valence-corrected chi connectivity index (χ0v) is 23.2. The highest BCUT2D eigenvalue weighted by molar-refractivity contribution is 6.32. The molecule has 2 heterocycles. The van der Waals surface area contributed by atoms with Crippen molar-refractivity contribution in [2.45, 2.75) is 13.5 Å². The fraction of sp³-hybridized carbons (Fsp3) is 0.200. The molecular weight excluding hydrogens is 528 g/mol. The smallest absolute Gasteiger partial charge is 0.248 e. The lowest BCUT2D eigenvalue weighted by Gasteiger charge is -2.17. The SMILES string of the molecule is CCOc1ccc2c(Nc3ccc(OCc4ccccn4)c(Cl)c3)c(C#N)cnc2c1NC(=O)/C=C/CN(C)C. The van der Waals surface area contributed by atoms with Gasteiger partial charge in [-0.05, 0) is 63.5 Å². The van der Waals surface area contributed by atoms with E-state index in [-0.39, 0.29) is 12.5 Å². The largest absolute Gasteiger partial charge is 0.492 e. The van der Waals surface area contributed by atoms with Gasteiger partial charge in [0.2, 0.25) is 5.91 Å². The van der Waals surface area contributed by atoms with Crippen molar-refractivity contribution < 1.29 is 14.3 Å². The molecule has 0 aliphatic rings. The molecule has 4 rings (SSSR count). The van der Waals surface area contributed by atoms with Gasteiger partial charge >= 0.3 is 0 Å². The van der Waals surface area contributed by atoms with Crippen molar-refractivity contribution in [2.24, 2.45) is 0 Å². The molecule has 2 aromatic carbocycles. The van der Waals surface area contributed by atoms with Crippen molar-refractivity contribution >= 4 is 45.5 Å². The van der Waals surface area contributed by atoms with Gasteiger partial charge in [0.05, 0.1) is 34.1 Å². The van der Waals surface area contributed by atoms with Crippen molar-refractivity contribution in [3.8, 4) is 17.6 Å². The average Bonchev–Trinajstić information content (AvgIpc) is 2.94. The van der Waals surface area contributed by atoms with Crippen LogP contribution >= 0.6 is 11.6 Å². The highest BCUT2D eigenvalue weighted by atomic mass is 35.5. The fourth-order valence-electron chi connectivity index (χ4n) is 3.87. The van der Waals surface area contributed by atoms with Gasteiger partial charge in [-0.3, -0.25) is 14.8 Å². The Hall–Kier alpha value is -4.65. The maximum atomic E-state index is 12.7. The molecule has 2 N–H and O–H groups in total. The van der Waals surface area contributed by atoms with Crippen molar-refractivity contribution in [1.82, 2.24) is 14.9 Å². The number of pyridine rings is 2. The van der Waals surface area contributed by atoms with Crippen molar-refractivity contribution in [3.63, 3.8) is 0 Å². The quantitative estimate of drug-likeness (QED) is 0.218. The van der Waals surface area contributed by atoms with Crippen LogP contribution in [0.3, 0.4) is 0 Å². The zero-order valence-electron chi connectivity index (χ0n) is 22.4. The molecule has 1 amide bonds. The lowest BCUT2D eigenvalue weighted by atomic mass is 10.1. The van der Waals surface area contributed by atoms with Crippen LogP contribution in [0.25, 0.3) is 10.9 Å². The highest BCUT2D eigenvalue weighted by Crippen LogP contribution is 2.38. The number of fused-ring (bicyclic) bond motifs is 1. The number of anilines is 3. The van der Waals surface area contributed by atoms with Crippen molar-refractivity contribution in [2.75, 3.05) is 37.9 Å². The van der Waals surface area contributed by atoms with Crippen LogP contribution in [0, 0.1) is 11.3 Å². The number of carbonyl (C=O) groups excluding carboxylic acids is 1. The maximum absolute atomic E-state index is 12.7. The van der Waals surface area contributed by atoms with Gasteiger partial charge in [-0.2, -0.15) is 5.26 Å². The number of likely N-dealkylation sites (N-methyl/N-ethyl adjacent to an activating group) is 1. The number of nitriles is 1. The summed E-state index contributed by atoms with van der Waals surface area (Å²) in [5, 5.41) is 17.1. The number of amides is 1. The van der Waals surface area contributed by atoms with Crippen LogP contribution in [0.4, 0.5) is 17.1 Å². The topological polar surface area (TPSA) is 112 Å². The van der Waals surface area contributed by atoms with E-state index in [1.807, 2.05) is 44.1 Å². The first-order chi connectivity index (χ1) is 19.4. The third-order valence-corrected chi connectivity index (χ3v) is 6.01. The molecule has 4 aromatic rings. The molecule has 40 heavy (non-hydrogen) atoms. The summed E-state index contributed by atoms with van der Waals surface area (Å²) in [6.07, 6.45) is 6.40. The first-order valence-electron chi connectivity index (χ1n) is 12.6. The third kappa shape index (κ3) is 7.05. The van der Waals surface area contributed by atoms with E-state index in [1.54, 1.807) is 42.6 Å². The van der Waals surface area contributed by atoms with Gasteiger partial charge in [0.15, 0.2) is 0 Å². The Morgan fingerprint density at radius 1 is 1.10 bits per heavy atom. The van der Waals surface area contributed by atoms with Gasteiger partial charge in [0.1, 0.15) is 29.9 Å². The van der Waals surface area contributed by atoms with Gasteiger partial charge in [-0.25, -0.2) is 0 Å². The molecular formula is C30H29ClN6O3. The second kappa shape index (κ2) is 13.4. The Morgan fingerprint density at radius 3 is 2.62 bits per heavy atom. The second-order valence-corrected chi connectivity index (χ2v) is 9.37. The summed E-state index contributed by atoms with van der Waals surface area (Å²) in [6, 6.07) is 16.6. The first kappa shape index (κ1) is 28.4. The minimum Gasteiger partial charge on any atom is -0.492 e. The third-order valence-electron chi connectivity index (χ3n) is 5.71. The summed E-state index contributed by atoms with van der Waals surface area (Å²) in [7, 11) is 3.84. The van der Waals surface area contributed by atoms with E-state index in [0.29, 0.717) is 63.2 Å². The van der Waals surface area contributed by atoms with Crippen LogP contribution in [0.5, 0.6) is 11.5 Å². The number of nitrogens with zero attached hydrogens (tertiary/aromatic N) is 4. The number of ether oxygens (including phenoxy) is 2. The van der Waals surface area contributed by atoms with Crippen LogP contribution in [0.1, 0.15) is 18.2 Å². The van der Waals surface area contributed by atoms with Gasteiger partial charge in [0, 0.05) is 36.1 Å². The normalized spacial score (nSPS) is 11.0. The Balaban J connectivity index is 1.65. The Bertz CT molecular complexity index is 1570. The van der Waals surface area contributed by atoms with Gasteiger partial charge in [-0.1, -0.05) is 23.7 Å². The van der Waals surface area contributed by atoms with Crippen LogP contribution in [-0.2, 0) is 11.4 Å². The first-order valence-corrected chi connectivity index (χ1v) is 13.0. The van der Waals surface area contributed by atoms with Crippen LogP contribution in [0.2, 0.25) is 5.02 Å². The van der Waals surface area contributed by atoms with Crippen LogP contribution < -0.4 is 20.1 Å². The molecule has 0 radical (unpaired) electrons. The maximum Gasteiger partial charge on any atom is 0.248 e. The molecule has 0 saturated heterocycles. The number of hydrogen-bond acceptors (Lipinski definition) is 8. The Labute approximate surface area is 238 Å². The van der Waals surface area contributed by atoms with Crippen molar-refractivity contribution in [3.05, 3.63) is 89.4 Å². The molecule has 0 spiro atoms. The molecule has 0 atom stereocenters. The molecule has 0 unspecified atom stereocenters. The lowest BCUT2D eigenvalue weighted by molar-refractivity contribution is -0.111. The van der Waals surface area contributed by atoms with Crippen LogP contribution in [-0.4, -0.2) is 48.0 Å². The number of aromatic nitrogens is 2. The predicted octanol–water partition coefficient (Wildman–Crippen LogP) is 5.93. The van der Waals surface area contributed by atoms with E-state index in [1.165, 1.54) is 12.3 Å². The number of halogens is 1. The minimum absolute atomic E-state index is 0.280. The molecule has 0 aliphatic heterocycles. The van der Waals surface area contributed by atoms with Gasteiger partial charge in [-0.15, -0.1) is 0 Å². The summed E-state index contributed by atoms with van der Waals surface area (Å²) in [4.78, 5) is 23.4. The molecule has 0 fully saturated rings. The van der Waals surface area contributed by atoms with E-state index in [2.05, 4.69) is 26.7 Å². The molecule has 0 bridgehead atoms. The average molecular weight is 557 g/mol. The van der Waals surface area contributed by atoms with E-state index in [9.17, 15) is 10.1 Å². The summed E-state index contributed by atoms with van der Waals surface area (Å²) in [5.74, 6) is 0.667. The number of nitrogens with one attached hydrogen (secondary N) is 2. The van der Waals surface area contributed by atoms with Crippen LogP contribution in [0.15, 0.2) is 73.1 Å². The second-order valence-electron chi connectivity index (χ2n) is 8.96. The Morgan fingerprint density at radius 2 is 1.93 bits per heavy atom. The van der Waals surface area contributed by atoms with Gasteiger partial charge in [0.25, 0.3) is 0 Å². The molecule has 2 aromatic heterocycles. The number of rotatable bonds is 11. The van der Waals surface area contributed by atoms with Crippen molar-refractivity contribution in [1.29, 1.82) is 5.26 Å². The number of benzene rings is 2. The standard InChI is InChI=1S/C30H29ClN6O3/c1-4-39-26-13-11-23-28(20(17-32)18-34-29(23)30(26)36-27(38)9-7-15-37(2)3)35-21-10-12-25(24(31)16-21)40-19-22-8-5-6-14-33-22/h5-14,16,18H,4,15,19H2,1-3H3,(H,34,35)(H,36,38)/b9-7+. The van der Waals surface area contributed by atoms with E-state index in [4.69, 9.17) is 21.1 Å². The molecule has 0 saturated carbocycles. The number of hydrogen-bond donors (Lipinski definition) is 2. The number of carbonyl (C=O) groups is 1. The molecule has 204 valence electrons. The summed E-state index contributed by atoms with van der Waals surface area (Å²) >= 11 is 6.52. The van der Waals surface area contributed by atoms with E-state index >= 15 is 0 Å². The summed E-state index contributed by atoms with van der Waals surface area (Å²) < 4.78 is 11.6. The lowest BCUT2D eigenvalue weighted by Crippen LogP contribution is -2.14. The van der Waals surface area contributed by atoms with Gasteiger partial charge < -0.3 is 25.0 Å². The molecule has 9 nitrogen and oxygen atoms in total. The fourth-order valence-corrected chi connectivity index (χ4v) is 4.11. The minimum atomic E-state index is -0.316. The summed E-state index contributed by atoms with van der Waals surface area (Å²) in [5.41, 5.74) is 3.17. The summed E-state index contributed by atoms with van der Waals surface area (Å²) in [6.45, 7) is 3.16. The predicted molar refractivity (Wildman–Crippen MR) is 157 cm³/mol. The molecule has 10 heteroatoms. The highest BCUT2D eigenvalue weighted by Gasteiger charge is 2.18. The zero-order chi connectivity index (χ0) is 28.5. The monoisotopic (exact) mass is 556 g/mol.